The van der Waals surface area contributed by atoms with Crippen LogP contribution in [0.2, 0.25) is 0 Å². The molecule has 6 nitrogen and oxygen atoms in total. The van der Waals surface area contributed by atoms with Gasteiger partial charge in [0.15, 0.2) is 0 Å². The minimum Gasteiger partial charge on any atom is -0.478 e. The third kappa shape index (κ3) is 4.18. The number of rotatable bonds is 4. The van der Waals surface area contributed by atoms with Gasteiger partial charge in [0.05, 0.1) is 11.7 Å². The van der Waals surface area contributed by atoms with Crippen LogP contribution >= 0.6 is 15.9 Å². The molecular formula is C14H17BrN2O4. The van der Waals surface area contributed by atoms with Gasteiger partial charge < -0.3 is 20.1 Å². The Morgan fingerprint density at radius 3 is 2.90 bits per heavy atom. The van der Waals surface area contributed by atoms with Gasteiger partial charge in [-0.3, -0.25) is 0 Å². The summed E-state index contributed by atoms with van der Waals surface area (Å²) in [7, 11) is 1.69. The lowest BCUT2D eigenvalue weighted by Crippen LogP contribution is -2.37. The van der Waals surface area contributed by atoms with Gasteiger partial charge in [-0.1, -0.05) is 0 Å². The molecule has 1 fully saturated rings. The third-order valence-corrected chi connectivity index (χ3v) is 3.99. The van der Waals surface area contributed by atoms with E-state index in [1.54, 1.807) is 24.1 Å². The van der Waals surface area contributed by atoms with Crippen LogP contribution < -0.4 is 5.32 Å². The molecule has 114 valence electrons. The molecule has 0 saturated carbocycles. The van der Waals surface area contributed by atoms with Gasteiger partial charge in [-0.25, -0.2) is 9.59 Å². The average molecular weight is 357 g/mol. The molecule has 1 saturated heterocycles. The molecule has 2 amide bonds. The number of benzene rings is 1. The fourth-order valence-corrected chi connectivity index (χ4v) is 2.58. The van der Waals surface area contributed by atoms with E-state index in [2.05, 4.69) is 21.2 Å². The summed E-state index contributed by atoms with van der Waals surface area (Å²) < 4.78 is 5.96. The van der Waals surface area contributed by atoms with Crippen LogP contribution in [0.25, 0.3) is 0 Å². The van der Waals surface area contributed by atoms with E-state index in [4.69, 9.17) is 9.84 Å². The van der Waals surface area contributed by atoms with Gasteiger partial charge in [-0.15, -0.1) is 0 Å². The summed E-state index contributed by atoms with van der Waals surface area (Å²) in [5.41, 5.74) is 0.550. The number of urea groups is 1. The summed E-state index contributed by atoms with van der Waals surface area (Å²) in [5, 5.41) is 11.7. The largest absolute Gasteiger partial charge is 0.478 e. The van der Waals surface area contributed by atoms with Crippen molar-refractivity contribution in [3.8, 4) is 0 Å². The summed E-state index contributed by atoms with van der Waals surface area (Å²) in [6.45, 7) is 1.27. The monoisotopic (exact) mass is 356 g/mol. The number of nitrogens with one attached hydrogen (secondary N) is 1. The number of carbonyl (C=O) groups excluding carboxylic acids is 1. The Balaban J connectivity index is 1.98. The van der Waals surface area contributed by atoms with Gasteiger partial charge in [-0.05, 0) is 47.0 Å². The average Bonchev–Trinajstić information content (AvgIpc) is 2.93. The van der Waals surface area contributed by atoms with Crippen molar-refractivity contribution in [1.29, 1.82) is 0 Å². The predicted octanol–water partition coefficient (Wildman–Crippen LogP) is 2.79. The first kappa shape index (κ1) is 15.8. The van der Waals surface area contributed by atoms with E-state index in [1.165, 1.54) is 6.07 Å². The second-order valence-corrected chi connectivity index (χ2v) is 5.80. The van der Waals surface area contributed by atoms with Crippen molar-refractivity contribution < 1.29 is 19.4 Å². The highest BCUT2D eigenvalue weighted by atomic mass is 79.9. The number of aromatic carboxylic acids is 1. The quantitative estimate of drug-likeness (QED) is 0.869. The van der Waals surface area contributed by atoms with Crippen molar-refractivity contribution in [3.63, 3.8) is 0 Å². The fourth-order valence-electron chi connectivity index (χ4n) is 2.16. The number of hydrogen-bond acceptors (Lipinski definition) is 3. The number of hydrogen-bond donors (Lipinski definition) is 2. The van der Waals surface area contributed by atoms with Crippen LogP contribution in [0.5, 0.6) is 0 Å². The first-order valence-electron chi connectivity index (χ1n) is 6.64. The van der Waals surface area contributed by atoms with Crippen LogP contribution in [-0.2, 0) is 4.74 Å². The molecule has 1 aromatic rings. The number of amides is 2. The lowest BCUT2D eigenvalue weighted by atomic mass is 10.2. The van der Waals surface area contributed by atoms with Gasteiger partial charge in [0.2, 0.25) is 0 Å². The zero-order valence-corrected chi connectivity index (χ0v) is 13.2. The molecule has 1 aromatic carbocycles. The van der Waals surface area contributed by atoms with Crippen LogP contribution in [0.1, 0.15) is 23.2 Å². The summed E-state index contributed by atoms with van der Waals surface area (Å²) in [5.74, 6) is -1.05. The molecular weight excluding hydrogens is 340 g/mol. The highest BCUT2D eigenvalue weighted by Gasteiger charge is 2.20. The number of anilines is 1. The Kier molecular flexibility index (Phi) is 5.19. The van der Waals surface area contributed by atoms with E-state index in [1.807, 2.05) is 0 Å². The Morgan fingerprint density at radius 2 is 2.29 bits per heavy atom. The summed E-state index contributed by atoms with van der Waals surface area (Å²) in [6, 6.07) is 4.38. The maximum Gasteiger partial charge on any atom is 0.336 e. The minimum absolute atomic E-state index is 0.0836. The summed E-state index contributed by atoms with van der Waals surface area (Å²) >= 11 is 3.16. The van der Waals surface area contributed by atoms with E-state index >= 15 is 0 Å². The van der Waals surface area contributed by atoms with Gasteiger partial charge in [-0.2, -0.15) is 0 Å². The molecule has 2 rings (SSSR count). The third-order valence-electron chi connectivity index (χ3n) is 3.30. The molecule has 0 spiro atoms. The first-order chi connectivity index (χ1) is 9.97. The number of likely N-dealkylation sites (N-methyl/N-ethyl adjacent to an activating group) is 1. The summed E-state index contributed by atoms with van der Waals surface area (Å²) in [6.07, 6.45) is 2.06. The van der Waals surface area contributed by atoms with Crippen molar-refractivity contribution in [2.45, 2.75) is 18.9 Å². The summed E-state index contributed by atoms with van der Waals surface area (Å²) in [4.78, 5) is 24.7. The van der Waals surface area contributed by atoms with E-state index in [0.717, 1.165) is 19.4 Å². The number of carboxylic acid groups (broad SMARTS) is 1. The van der Waals surface area contributed by atoms with Crippen molar-refractivity contribution in [2.24, 2.45) is 0 Å². The van der Waals surface area contributed by atoms with E-state index in [9.17, 15) is 9.59 Å². The molecule has 2 N–H and O–H groups in total. The molecule has 0 bridgehead atoms. The Labute approximate surface area is 131 Å². The lowest BCUT2D eigenvalue weighted by molar-refractivity contribution is 0.0696. The predicted molar refractivity (Wildman–Crippen MR) is 81.7 cm³/mol. The van der Waals surface area contributed by atoms with Gasteiger partial charge >= 0.3 is 12.0 Å². The molecule has 21 heavy (non-hydrogen) atoms. The van der Waals surface area contributed by atoms with Crippen molar-refractivity contribution in [1.82, 2.24) is 4.90 Å². The van der Waals surface area contributed by atoms with Crippen LogP contribution in [0.4, 0.5) is 10.5 Å². The number of halogens is 1. The Hall–Kier alpha value is -1.60. The first-order valence-corrected chi connectivity index (χ1v) is 7.43. The van der Waals surface area contributed by atoms with Crippen LogP contribution in [0.3, 0.4) is 0 Å². The molecule has 1 heterocycles. The van der Waals surface area contributed by atoms with Gasteiger partial charge in [0, 0.05) is 30.4 Å². The Bertz CT molecular complexity index is 544. The van der Waals surface area contributed by atoms with Crippen LogP contribution in [0.15, 0.2) is 22.7 Å². The second-order valence-electron chi connectivity index (χ2n) is 4.95. The van der Waals surface area contributed by atoms with E-state index < -0.39 is 5.97 Å². The lowest BCUT2D eigenvalue weighted by Gasteiger charge is -2.21. The van der Waals surface area contributed by atoms with E-state index in [-0.39, 0.29) is 17.7 Å². The van der Waals surface area contributed by atoms with Crippen molar-refractivity contribution in [2.75, 3.05) is 25.5 Å². The van der Waals surface area contributed by atoms with Crippen molar-refractivity contribution in [3.05, 3.63) is 28.2 Å². The molecule has 1 aliphatic rings. The maximum atomic E-state index is 12.1. The molecule has 1 unspecified atom stereocenters. The smallest absolute Gasteiger partial charge is 0.336 e. The molecule has 7 heteroatoms. The highest BCUT2D eigenvalue weighted by molar-refractivity contribution is 9.10. The normalized spacial score (nSPS) is 17.5. The SMILES string of the molecule is CN(CC1CCCO1)C(=O)Nc1ccc(Br)c(C(=O)O)c1. The maximum absolute atomic E-state index is 12.1. The molecule has 1 aliphatic heterocycles. The van der Waals surface area contributed by atoms with Gasteiger partial charge in [0.25, 0.3) is 0 Å². The van der Waals surface area contributed by atoms with E-state index in [0.29, 0.717) is 16.7 Å². The number of carbonyl (C=O) groups is 2. The highest BCUT2D eigenvalue weighted by Crippen LogP contribution is 2.21. The number of nitrogens with zero attached hydrogens (tertiary/aromatic N) is 1. The van der Waals surface area contributed by atoms with Crippen LogP contribution in [0, 0.1) is 0 Å². The minimum atomic E-state index is -1.05. The van der Waals surface area contributed by atoms with Crippen molar-refractivity contribution >= 4 is 33.6 Å². The number of ether oxygens (including phenoxy) is 1. The zero-order valence-electron chi connectivity index (χ0n) is 11.6. The number of carboxylic acids is 1. The molecule has 0 radical (unpaired) electrons. The fraction of sp³-hybridized carbons (Fsp3) is 0.429. The zero-order chi connectivity index (χ0) is 15.4. The topological polar surface area (TPSA) is 78.9 Å². The van der Waals surface area contributed by atoms with Gasteiger partial charge in [0.1, 0.15) is 0 Å². The second kappa shape index (κ2) is 6.91. The molecule has 0 aromatic heterocycles. The molecule has 0 aliphatic carbocycles. The Morgan fingerprint density at radius 1 is 1.52 bits per heavy atom. The standard InChI is InChI=1S/C14H17BrN2O4/c1-17(8-10-3-2-6-21-10)14(20)16-9-4-5-12(15)11(7-9)13(18)19/h4-5,7,10H,2-3,6,8H2,1H3,(H,16,20)(H,18,19). The van der Waals surface area contributed by atoms with Crippen LogP contribution in [-0.4, -0.2) is 48.3 Å². The molecule has 1 atom stereocenters.